The molecule has 0 unspecified atom stereocenters. The predicted molar refractivity (Wildman–Crippen MR) is 87.3 cm³/mol. The number of quaternary nitrogens is 1. The summed E-state index contributed by atoms with van der Waals surface area (Å²) in [6, 6.07) is 5.99. The first kappa shape index (κ1) is 17.0. The molecule has 1 fully saturated rings. The average molecular weight is 346 g/mol. The molecule has 132 valence electrons. The van der Waals surface area contributed by atoms with E-state index in [1.54, 1.807) is 12.1 Å². The standard InChI is InChI=1S/C16H19N5O4/c22-15-3-1-9-20(15)10-2-8-17-11-14-18-19-16(25-14)12-4-6-13(7-5-12)21(23)24/h4-7,17H,1-3,8-11H2/p+1. The van der Waals surface area contributed by atoms with Gasteiger partial charge in [0.05, 0.1) is 11.5 Å². The number of amides is 1. The lowest BCUT2D eigenvalue weighted by Gasteiger charge is -2.14. The van der Waals surface area contributed by atoms with Crippen LogP contribution in [-0.4, -0.2) is 45.6 Å². The van der Waals surface area contributed by atoms with Crippen LogP contribution in [0.5, 0.6) is 0 Å². The number of nitrogens with zero attached hydrogens (tertiary/aromatic N) is 4. The van der Waals surface area contributed by atoms with Crippen molar-refractivity contribution in [3.8, 4) is 11.5 Å². The third-order valence-corrected chi connectivity index (χ3v) is 4.12. The summed E-state index contributed by atoms with van der Waals surface area (Å²) >= 11 is 0. The minimum atomic E-state index is -0.451. The summed E-state index contributed by atoms with van der Waals surface area (Å²) in [6.07, 6.45) is 2.57. The van der Waals surface area contributed by atoms with Crippen LogP contribution in [0.3, 0.4) is 0 Å². The van der Waals surface area contributed by atoms with E-state index in [1.165, 1.54) is 12.1 Å². The van der Waals surface area contributed by atoms with Crippen LogP contribution in [-0.2, 0) is 11.3 Å². The first-order valence-electron chi connectivity index (χ1n) is 8.30. The summed E-state index contributed by atoms with van der Waals surface area (Å²) in [5.74, 6) is 1.11. The Kier molecular flexibility index (Phi) is 5.34. The van der Waals surface area contributed by atoms with Gasteiger partial charge in [-0.15, -0.1) is 10.2 Å². The van der Waals surface area contributed by atoms with Crippen LogP contribution in [0.4, 0.5) is 5.69 Å². The second kappa shape index (κ2) is 7.84. The molecule has 1 amide bonds. The second-order valence-corrected chi connectivity index (χ2v) is 5.92. The van der Waals surface area contributed by atoms with Crippen molar-refractivity contribution < 1.29 is 19.5 Å². The maximum atomic E-state index is 11.5. The first-order chi connectivity index (χ1) is 12.1. The Morgan fingerprint density at radius 3 is 2.76 bits per heavy atom. The number of hydrogen-bond donors (Lipinski definition) is 1. The SMILES string of the molecule is O=C1CCCN1CCC[NH2+]Cc1nnc(-c2ccc([N+](=O)[O-])cc2)o1. The fourth-order valence-electron chi connectivity index (χ4n) is 2.77. The number of carbonyl (C=O) groups excluding carboxylic acids is 1. The normalized spacial score (nSPS) is 14.2. The number of hydrogen-bond acceptors (Lipinski definition) is 6. The van der Waals surface area contributed by atoms with Gasteiger partial charge in [-0.25, -0.2) is 0 Å². The van der Waals surface area contributed by atoms with Crippen LogP contribution in [0, 0.1) is 10.1 Å². The van der Waals surface area contributed by atoms with E-state index in [0.717, 1.165) is 32.5 Å². The Bertz CT molecular complexity index is 743. The molecule has 1 aliphatic heterocycles. The molecular formula is C16H20N5O4+. The molecule has 2 N–H and O–H groups in total. The number of nitro benzene ring substituents is 1. The Labute approximate surface area is 144 Å². The highest BCUT2D eigenvalue weighted by molar-refractivity contribution is 5.77. The summed E-state index contributed by atoms with van der Waals surface area (Å²) in [7, 11) is 0. The van der Waals surface area contributed by atoms with Gasteiger partial charge in [0.25, 0.3) is 11.6 Å². The zero-order valence-electron chi connectivity index (χ0n) is 13.8. The molecule has 1 aromatic carbocycles. The van der Waals surface area contributed by atoms with Gasteiger partial charge in [-0.2, -0.15) is 0 Å². The van der Waals surface area contributed by atoms with Crippen LogP contribution < -0.4 is 5.32 Å². The van der Waals surface area contributed by atoms with Crippen molar-refractivity contribution in [3.63, 3.8) is 0 Å². The molecule has 1 saturated heterocycles. The van der Waals surface area contributed by atoms with E-state index in [-0.39, 0.29) is 11.6 Å². The molecule has 0 saturated carbocycles. The number of aromatic nitrogens is 2. The minimum Gasteiger partial charge on any atom is -0.415 e. The van der Waals surface area contributed by atoms with E-state index in [0.29, 0.717) is 30.3 Å². The molecule has 2 heterocycles. The summed E-state index contributed by atoms with van der Waals surface area (Å²) in [5.41, 5.74) is 0.671. The van der Waals surface area contributed by atoms with Crippen molar-refractivity contribution in [2.75, 3.05) is 19.6 Å². The molecule has 0 atom stereocenters. The molecule has 1 aromatic heterocycles. The van der Waals surface area contributed by atoms with Crippen LogP contribution in [0.2, 0.25) is 0 Å². The van der Waals surface area contributed by atoms with E-state index in [2.05, 4.69) is 15.5 Å². The molecule has 25 heavy (non-hydrogen) atoms. The lowest BCUT2D eigenvalue weighted by Crippen LogP contribution is -2.82. The average Bonchev–Trinajstić information content (AvgIpc) is 3.24. The van der Waals surface area contributed by atoms with Crippen LogP contribution >= 0.6 is 0 Å². The molecular weight excluding hydrogens is 326 g/mol. The van der Waals surface area contributed by atoms with Crippen molar-refractivity contribution in [1.82, 2.24) is 15.1 Å². The number of nitro groups is 1. The van der Waals surface area contributed by atoms with Crippen molar-refractivity contribution in [2.24, 2.45) is 0 Å². The van der Waals surface area contributed by atoms with Gasteiger partial charge in [-0.1, -0.05) is 0 Å². The predicted octanol–water partition coefficient (Wildman–Crippen LogP) is 0.721. The van der Waals surface area contributed by atoms with Gasteiger partial charge in [0.15, 0.2) is 6.54 Å². The summed E-state index contributed by atoms with van der Waals surface area (Å²) in [6.45, 7) is 3.11. The topological polar surface area (TPSA) is 119 Å². The van der Waals surface area contributed by atoms with E-state index < -0.39 is 4.92 Å². The minimum absolute atomic E-state index is 0.0216. The van der Waals surface area contributed by atoms with Crippen molar-refractivity contribution in [3.05, 3.63) is 40.3 Å². The van der Waals surface area contributed by atoms with Gasteiger partial charge >= 0.3 is 0 Å². The third-order valence-electron chi connectivity index (χ3n) is 4.12. The highest BCUT2D eigenvalue weighted by Gasteiger charge is 2.19. The molecule has 2 aromatic rings. The lowest BCUT2D eigenvalue weighted by molar-refractivity contribution is -0.673. The molecule has 9 heteroatoms. The molecule has 3 rings (SSSR count). The van der Waals surface area contributed by atoms with Gasteiger partial charge in [0, 0.05) is 43.6 Å². The van der Waals surface area contributed by atoms with Gasteiger partial charge in [0.2, 0.25) is 11.8 Å². The highest BCUT2D eigenvalue weighted by Crippen LogP contribution is 2.20. The summed E-state index contributed by atoms with van der Waals surface area (Å²) in [5, 5.41) is 20.7. The zero-order chi connectivity index (χ0) is 17.6. The van der Waals surface area contributed by atoms with Gasteiger partial charge < -0.3 is 14.6 Å². The molecule has 0 radical (unpaired) electrons. The van der Waals surface area contributed by atoms with Crippen LogP contribution in [0.15, 0.2) is 28.7 Å². The van der Waals surface area contributed by atoms with Crippen molar-refractivity contribution >= 4 is 11.6 Å². The second-order valence-electron chi connectivity index (χ2n) is 5.92. The quantitative estimate of drug-likeness (QED) is 0.427. The monoisotopic (exact) mass is 346 g/mol. The molecule has 0 spiro atoms. The van der Waals surface area contributed by atoms with Gasteiger partial charge in [-0.3, -0.25) is 14.9 Å². The Balaban J connectivity index is 1.43. The first-order valence-corrected chi connectivity index (χ1v) is 8.30. The highest BCUT2D eigenvalue weighted by atomic mass is 16.6. The molecule has 1 aliphatic rings. The van der Waals surface area contributed by atoms with Crippen LogP contribution in [0.1, 0.15) is 25.2 Å². The fourth-order valence-corrected chi connectivity index (χ4v) is 2.77. The number of benzene rings is 1. The van der Waals surface area contributed by atoms with Gasteiger partial charge in [-0.05, 0) is 18.6 Å². The number of carbonyl (C=O) groups is 1. The summed E-state index contributed by atoms with van der Waals surface area (Å²) in [4.78, 5) is 23.6. The molecule has 9 nitrogen and oxygen atoms in total. The zero-order valence-corrected chi connectivity index (χ0v) is 13.8. The van der Waals surface area contributed by atoms with E-state index in [1.807, 2.05) is 4.90 Å². The molecule has 0 bridgehead atoms. The Morgan fingerprint density at radius 1 is 1.28 bits per heavy atom. The van der Waals surface area contributed by atoms with Crippen molar-refractivity contribution in [2.45, 2.75) is 25.8 Å². The third kappa shape index (κ3) is 4.38. The number of non-ortho nitro benzene ring substituents is 1. The lowest BCUT2D eigenvalue weighted by atomic mass is 10.2. The maximum Gasteiger partial charge on any atom is 0.271 e. The fraction of sp³-hybridized carbons (Fsp3) is 0.438. The smallest absolute Gasteiger partial charge is 0.271 e. The largest absolute Gasteiger partial charge is 0.415 e. The number of rotatable bonds is 8. The number of likely N-dealkylation sites (tertiary alicyclic amines) is 1. The summed E-state index contributed by atoms with van der Waals surface area (Å²) < 4.78 is 5.58. The van der Waals surface area contributed by atoms with Gasteiger partial charge in [0.1, 0.15) is 0 Å². The Morgan fingerprint density at radius 2 is 2.08 bits per heavy atom. The van der Waals surface area contributed by atoms with Crippen molar-refractivity contribution in [1.29, 1.82) is 0 Å². The maximum absolute atomic E-state index is 11.5. The van der Waals surface area contributed by atoms with E-state index in [9.17, 15) is 14.9 Å². The van der Waals surface area contributed by atoms with E-state index >= 15 is 0 Å². The van der Waals surface area contributed by atoms with E-state index in [4.69, 9.17) is 4.42 Å². The Hall–Kier alpha value is -2.81. The van der Waals surface area contributed by atoms with Crippen LogP contribution in [0.25, 0.3) is 11.5 Å². The molecule has 0 aliphatic carbocycles. The number of nitrogens with two attached hydrogens (primary N) is 1.